The van der Waals surface area contributed by atoms with Crippen LogP contribution in [0.15, 0.2) is 17.2 Å². The van der Waals surface area contributed by atoms with Gasteiger partial charge in [-0.1, -0.05) is 0 Å². The molecule has 1 N–H and O–H groups in total. The summed E-state index contributed by atoms with van der Waals surface area (Å²) in [5.41, 5.74) is 0.0537. The molecule has 6 nitrogen and oxygen atoms in total. The zero-order valence-corrected chi connectivity index (χ0v) is 9.67. The molecule has 0 saturated carbocycles. The summed E-state index contributed by atoms with van der Waals surface area (Å²) < 4.78 is 22.0. The summed E-state index contributed by atoms with van der Waals surface area (Å²) in [4.78, 5) is 24.9. The molecule has 86 valence electrons. The van der Waals surface area contributed by atoms with E-state index in [-0.39, 0.29) is 11.4 Å². The molecule has 1 heterocycles. The second-order valence-corrected chi connectivity index (χ2v) is 5.37. The largest absolute Gasteiger partial charge is 0.311 e. The minimum atomic E-state index is -4.04. The second kappa shape index (κ2) is 4.58. The van der Waals surface area contributed by atoms with Crippen molar-refractivity contribution in [2.24, 2.45) is 0 Å². The Morgan fingerprint density at radius 2 is 2.12 bits per heavy atom. The van der Waals surface area contributed by atoms with Gasteiger partial charge in [-0.15, -0.1) is 0 Å². The predicted octanol–water partition coefficient (Wildman–Crippen LogP) is 0.780. The highest BCUT2D eigenvalue weighted by Crippen LogP contribution is 2.17. The molecular formula is C8H7ClN2O4S. The smallest absolute Gasteiger partial charge is 0.278 e. The van der Waals surface area contributed by atoms with E-state index >= 15 is 0 Å². The Balaban J connectivity index is 3.32. The number of carbonyl (C=O) groups excluding carboxylic acids is 2. The summed E-state index contributed by atoms with van der Waals surface area (Å²) in [6.45, 7) is 1.23. The molecular weight excluding hydrogens is 256 g/mol. The maximum Gasteiger partial charge on any atom is 0.278 e. The Morgan fingerprint density at radius 3 is 2.56 bits per heavy atom. The van der Waals surface area contributed by atoms with Gasteiger partial charge in [0.1, 0.15) is 12.1 Å². The van der Waals surface area contributed by atoms with Crippen LogP contribution >= 0.6 is 10.7 Å². The van der Waals surface area contributed by atoms with E-state index in [1.54, 1.807) is 0 Å². The highest BCUT2D eigenvalue weighted by Gasteiger charge is 2.14. The lowest BCUT2D eigenvalue weighted by Gasteiger charge is -2.03. The molecule has 1 amide bonds. The molecule has 0 aliphatic carbocycles. The number of aldehydes is 1. The number of aromatic nitrogens is 1. The molecule has 1 rings (SSSR count). The van der Waals surface area contributed by atoms with Crippen molar-refractivity contribution in [2.45, 2.75) is 11.9 Å². The minimum absolute atomic E-state index is 0.0451. The van der Waals surface area contributed by atoms with Gasteiger partial charge in [0.25, 0.3) is 9.05 Å². The van der Waals surface area contributed by atoms with E-state index in [2.05, 4.69) is 10.3 Å². The van der Waals surface area contributed by atoms with E-state index in [9.17, 15) is 18.0 Å². The Hall–Kier alpha value is -1.47. The first-order valence-corrected chi connectivity index (χ1v) is 6.33. The van der Waals surface area contributed by atoms with Crippen molar-refractivity contribution >= 4 is 37.7 Å². The molecule has 16 heavy (non-hydrogen) atoms. The molecule has 0 fully saturated rings. The molecule has 0 bridgehead atoms. The molecule has 0 aliphatic rings. The van der Waals surface area contributed by atoms with Gasteiger partial charge in [-0.2, -0.15) is 0 Å². The number of hydrogen-bond acceptors (Lipinski definition) is 5. The van der Waals surface area contributed by atoms with Crippen molar-refractivity contribution in [3.05, 3.63) is 17.7 Å². The number of nitrogens with one attached hydrogen (secondary N) is 1. The van der Waals surface area contributed by atoms with E-state index in [4.69, 9.17) is 10.7 Å². The number of rotatable bonds is 3. The average molecular weight is 263 g/mol. The van der Waals surface area contributed by atoms with E-state index in [0.717, 1.165) is 6.07 Å². The van der Waals surface area contributed by atoms with Gasteiger partial charge < -0.3 is 5.32 Å². The first kappa shape index (κ1) is 12.6. The molecule has 0 saturated heterocycles. The van der Waals surface area contributed by atoms with Gasteiger partial charge in [-0.25, -0.2) is 13.4 Å². The lowest BCUT2D eigenvalue weighted by Crippen LogP contribution is -2.09. The highest BCUT2D eigenvalue weighted by molar-refractivity contribution is 8.13. The van der Waals surface area contributed by atoms with E-state index in [1.165, 1.54) is 13.0 Å². The van der Waals surface area contributed by atoms with Gasteiger partial charge in [0.15, 0.2) is 5.03 Å². The number of nitrogens with zero attached hydrogens (tertiary/aromatic N) is 1. The highest BCUT2D eigenvalue weighted by atomic mass is 35.7. The number of amides is 1. The lowest BCUT2D eigenvalue weighted by molar-refractivity contribution is -0.114. The van der Waals surface area contributed by atoms with Crippen molar-refractivity contribution in [3.63, 3.8) is 0 Å². The van der Waals surface area contributed by atoms with Crippen LogP contribution in [-0.4, -0.2) is 25.6 Å². The first-order chi connectivity index (χ1) is 7.32. The molecule has 0 unspecified atom stereocenters. The van der Waals surface area contributed by atoms with Crippen LogP contribution in [0.3, 0.4) is 0 Å². The van der Waals surface area contributed by atoms with Crippen LogP contribution in [0.25, 0.3) is 0 Å². The maximum atomic E-state index is 11.0. The van der Waals surface area contributed by atoms with Gasteiger partial charge in [-0.05, 0) is 12.1 Å². The summed E-state index contributed by atoms with van der Waals surface area (Å²) in [7, 11) is 1.03. The molecule has 1 aromatic heterocycles. The van der Waals surface area contributed by atoms with E-state index < -0.39 is 20.0 Å². The third-order valence-corrected chi connectivity index (χ3v) is 2.70. The fourth-order valence-electron chi connectivity index (χ4n) is 0.963. The molecule has 8 heteroatoms. The maximum absolute atomic E-state index is 11.0. The molecule has 0 aromatic carbocycles. The molecule has 0 radical (unpaired) electrons. The summed E-state index contributed by atoms with van der Waals surface area (Å²) >= 11 is 0. The van der Waals surface area contributed by atoms with Gasteiger partial charge in [0.2, 0.25) is 5.91 Å². The third-order valence-electron chi connectivity index (χ3n) is 1.51. The van der Waals surface area contributed by atoms with Crippen LogP contribution in [0.2, 0.25) is 0 Å². The van der Waals surface area contributed by atoms with Crippen LogP contribution in [0.1, 0.15) is 17.3 Å². The Bertz CT molecular complexity index is 541. The fourth-order valence-corrected chi connectivity index (χ4v) is 1.68. The van der Waals surface area contributed by atoms with Gasteiger partial charge in [-0.3, -0.25) is 9.59 Å². The third kappa shape index (κ3) is 3.28. The Morgan fingerprint density at radius 1 is 1.50 bits per heavy atom. The quantitative estimate of drug-likeness (QED) is 0.642. The SMILES string of the molecule is CC(=O)Nc1cc(C=O)cc(S(=O)(=O)Cl)n1. The molecule has 1 aromatic rings. The van der Waals surface area contributed by atoms with Crippen molar-refractivity contribution in [2.75, 3.05) is 5.32 Å². The second-order valence-electron chi connectivity index (χ2n) is 2.86. The van der Waals surface area contributed by atoms with Gasteiger partial charge in [0.05, 0.1) is 0 Å². The minimum Gasteiger partial charge on any atom is -0.311 e. The van der Waals surface area contributed by atoms with Crippen LogP contribution in [0.4, 0.5) is 5.82 Å². The van der Waals surface area contributed by atoms with Crippen molar-refractivity contribution in [3.8, 4) is 0 Å². The van der Waals surface area contributed by atoms with Gasteiger partial charge in [0, 0.05) is 23.2 Å². The molecule has 0 atom stereocenters. The zero-order chi connectivity index (χ0) is 12.3. The number of pyridine rings is 1. The summed E-state index contributed by atoms with van der Waals surface area (Å²) in [6.07, 6.45) is 0.429. The molecule has 0 aliphatic heterocycles. The van der Waals surface area contributed by atoms with Crippen molar-refractivity contribution in [1.82, 2.24) is 4.98 Å². The van der Waals surface area contributed by atoms with Crippen LogP contribution in [-0.2, 0) is 13.8 Å². The van der Waals surface area contributed by atoms with Crippen LogP contribution in [0.5, 0.6) is 0 Å². The van der Waals surface area contributed by atoms with Crippen molar-refractivity contribution in [1.29, 1.82) is 0 Å². The lowest BCUT2D eigenvalue weighted by atomic mass is 10.3. The standard InChI is InChI=1S/C8H7ClN2O4S/c1-5(13)10-7-2-6(4-12)3-8(11-7)16(9,14)15/h2-4H,1H3,(H,10,11,13). The van der Waals surface area contributed by atoms with Crippen LogP contribution < -0.4 is 5.32 Å². The molecule has 0 spiro atoms. The number of carbonyl (C=O) groups is 2. The van der Waals surface area contributed by atoms with Gasteiger partial charge >= 0.3 is 0 Å². The summed E-state index contributed by atoms with van der Waals surface area (Å²) in [5.74, 6) is -0.482. The van der Waals surface area contributed by atoms with E-state index in [1.807, 2.05) is 0 Å². The normalized spacial score (nSPS) is 10.9. The number of halogens is 1. The topological polar surface area (TPSA) is 93.2 Å². The summed E-state index contributed by atoms with van der Waals surface area (Å²) in [5, 5.41) is 1.78. The summed E-state index contributed by atoms with van der Waals surface area (Å²) in [6, 6.07) is 2.25. The Labute approximate surface area is 96.1 Å². The first-order valence-electron chi connectivity index (χ1n) is 4.02. The van der Waals surface area contributed by atoms with Crippen LogP contribution in [0, 0.1) is 0 Å². The number of hydrogen-bond donors (Lipinski definition) is 1. The average Bonchev–Trinajstić information content (AvgIpc) is 2.14. The zero-order valence-electron chi connectivity index (χ0n) is 8.10. The monoisotopic (exact) mass is 262 g/mol. The van der Waals surface area contributed by atoms with E-state index in [0.29, 0.717) is 6.29 Å². The Kier molecular flexibility index (Phi) is 3.61. The fraction of sp³-hybridized carbons (Fsp3) is 0.125. The van der Waals surface area contributed by atoms with Crippen molar-refractivity contribution < 1.29 is 18.0 Å². The number of anilines is 1. The predicted molar refractivity (Wildman–Crippen MR) is 57.0 cm³/mol.